The van der Waals surface area contributed by atoms with E-state index in [1.807, 2.05) is 6.08 Å². The van der Waals surface area contributed by atoms with Gasteiger partial charge in [0, 0.05) is 31.1 Å². The van der Waals surface area contributed by atoms with E-state index in [2.05, 4.69) is 13.8 Å². The number of carbonyl (C=O) groups excluding carboxylic acids is 3. The van der Waals surface area contributed by atoms with Gasteiger partial charge in [-0.25, -0.2) is 0 Å². The van der Waals surface area contributed by atoms with Crippen molar-refractivity contribution in [2.45, 2.75) is 231 Å². The molecule has 3 N–H and O–H groups in total. The summed E-state index contributed by atoms with van der Waals surface area (Å²) >= 11 is 0. The van der Waals surface area contributed by atoms with E-state index in [1.165, 1.54) is 103 Å². The summed E-state index contributed by atoms with van der Waals surface area (Å²) in [5.41, 5.74) is 0. The van der Waals surface area contributed by atoms with Crippen LogP contribution >= 0.6 is 0 Å². The molecule has 0 amide bonds. The zero-order chi connectivity index (χ0) is 38.8. The molecule has 0 saturated heterocycles. The SMILES string of the molecule is CCCCCCCCCCCCCCCCCCCCCC(=O)OC[C@H](O)COC(=O)CCCCCC[C@H]1C(=O)C[C@@H](O)[C@@H]1/C=C/[C@@H](O)CCCCC. The van der Waals surface area contributed by atoms with Crippen LogP contribution < -0.4 is 0 Å². The van der Waals surface area contributed by atoms with E-state index < -0.39 is 18.3 Å². The normalized spacial score (nSPS) is 18.5. The number of Topliss-reactive ketones (excluding diaryl/α,β-unsaturated/α-hetero) is 1. The van der Waals surface area contributed by atoms with Gasteiger partial charge in [0.05, 0.1) is 12.2 Å². The van der Waals surface area contributed by atoms with Gasteiger partial charge >= 0.3 is 11.9 Å². The lowest BCUT2D eigenvalue weighted by atomic mass is 9.88. The zero-order valence-corrected chi connectivity index (χ0v) is 34.3. The first kappa shape index (κ1) is 49.2. The highest BCUT2D eigenvalue weighted by Gasteiger charge is 2.39. The zero-order valence-electron chi connectivity index (χ0n) is 34.3. The van der Waals surface area contributed by atoms with Gasteiger partial charge in [0.1, 0.15) is 25.1 Å². The lowest BCUT2D eigenvalue weighted by Crippen LogP contribution is -2.25. The third-order valence-corrected chi connectivity index (χ3v) is 10.9. The van der Waals surface area contributed by atoms with Gasteiger partial charge in [-0.15, -0.1) is 0 Å². The fourth-order valence-corrected chi connectivity index (χ4v) is 7.45. The molecule has 0 aromatic heterocycles. The summed E-state index contributed by atoms with van der Waals surface area (Å²) in [6, 6.07) is 0. The van der Waals surface area contributed by atoms with Crippen molar-refractivity contribution in [2.24, 2.45) is 11.8 Å². The topological polar surface area (TPSA) is 130 Å². The van der Waals surface area contributed by atoms with Crippen molar-refractivity contribution in [1.29, 1.82) is 0 Å². The van der Waals surface area contributed by atoms with Crippen LogP contribution in [0, 0.1) is 11.8 Å². The molecule has 0 aromatic rings. The minimum absolute atomic E-state index is 0.0844. The number of ether oxygens (including phenoxy) is 2. The third kappa shape index (κ3) is 28.3. The van der Waals surface area contributed by atoms with Crippen LogP contribution in [0.5, 0.6) is 0 Å². The summed E-state index contributed by atoms with van der Waals surface area (Å²) in [7, 11) is 0. The van der Waals surface area contributed by atoms with Gasteiger partial charge in [0.25, 0.3) is 0 Å². The van der Waals surface area contributed by atoms with Gasteiger partial charge in [-0.3, -0.25) is 14.4 Å². The second-order valence-electron chi connectivity index (χ2n) is 16.0. The molecule has 8 heteroatoms. The molecule has 0 spiro atoms. The Morgan fingerprint density at radius 2 is 1.02 bits per heavy atom. The number of aliphatic hydroxyl groups excluding tert-OH is 3. The Balaban J connectivity index is 1.95. The predicted molar refractivity (Wildman–Crippen MR) is 216 cm³/mol. The second kappa shape index (κ2) is 34.7. The molecular weight excluding hydrogens is 668 g/mol. The molecule has 1 rings (SSSR count). The minimum Gasteiger partial charge on any atom is -0.463 e. The first-order valence-electron chi connectivity index (χ1n) is 22.3. The fraction of sp³-hybridized carbons (Fsp3) is 0.889. The van der Waals surface area contributed by atoms with E-state index in [0.717, 1.165) is 57.8 Å². The average molecular weight is 751 g/mol. The van der Waals surface area contributed by atoms with E-state index in [-0.39, 0.29) is 55.6 Å². The number of ketones is 1. The molecule has 0 unspecified atom stereocenters. The van der Waals surface area contributed by atoms with Crippen molar-refractivity contribution >= 4 is 17.7 Å². The van der Waals surface area contributed by atoms with E-state index >= 15 is 0 Å². The summed E-state index contributed by atoms with van der Waals surface area (Å²) in [5.74, 6) is -1.10. The Hall–Kier alpha value is -1.77. The van der Waals surface area contributed by atoms with Crippen LogP contribution in [0.3, 0.4) is 0 Å². The largest absolute Gasteiger partial charge is 0.463 e. The Labute approximate surface area is 324 Å². The average Bonchev–Trinajstić information content (AvgIpc) is 3.41. The van der Waals surface area contributed by atoms with Gasteiger partial charge in [-0.1, -0.05) is 180 Å². The highest BCUT2D eigenvalue weighted by Crippen LogP contribution is 2.34. The highest BCUT2D eigenvalue weighted by atomic mass is 16.6. The Kier molecular flexibility index (Phi) is 32.2. The number of carbonyl (C=O) groups is 3. The lowest BCUT2D eigenvalue weighted by molar-refractivity contribution is -0.152. The first-order valence-corrected chi connectivity index (χ1v) is 22.3. The molecule has 5 atom stereocenters. The molecule has 1 aliphatic carbocycles. The maximum atomic E-state index is 12.5. The molecule has 0 radical (unpaired) electrons. The van der Waals surface area contributed by atoms with E-state index in [1.54, 1.807) is 6.08 Å². The van der Waals surface area contributed by atoms with Crippen molar-refractivity contribution in [3.63, 3.8) is 0 Å². The molecule has 1 fully saturated rings. The monoisotopic (exact) mass is 751 g/mol. The quantitative estimate of drug-likeness (QED) is 0.0325. The van der Waals surface area contributed by atoms with Crippen LogP contribution in [0.1, 0.15) is 213 Å². The molecule has 0 bridgehead atoms. The third-order valence-electron chi connectivity index (χ3n) is 10.9. The van der Waals surface area contributed by atoms with Crippen molar-refractivity contribution in [3.8, 4) is 0 Å². The minimum atomic E-state index is -1.04. The highest BCUT2D eigenvalue weighted by molar-refractivity contribution is 5.84. The second-order valence-corrected chi connectivity index (χ2v) is 16.0. The summed E-state index contributed by atoms with van der Waals surface area (Å²) in [5, 5.41) is 30.7. The van der Waals surface area contributed by atoms with Crippen LogP contribution in [0.2, 0.25) is 0 Å². The van der Waals surface area contributed by atoms with Crippen LogP contribution in [0.25, 0.3) is 0 Å². The number of hydrogen-bond acceptors (Lipinski definition) is 8. The standard InChI is InChI=1S/C45H82O8/c1-3-5-7-8-9-10-11-12-13-14-15-16-17-18-19-20-21-22-27-31-44(50)52-36-39(47)37-53-45(51)32-28-24-23-26-30-40-41(43(49)35-42(40)48)34-33-38(46)29-25-6-4-2/h33-34,38-41,43,46-47,49H,3-32,35-37H2,1-2H3/b34-33+/t38-,39-,40+,41+,43+/m0/s1. The van der Waals surface area contributed by atoms with Gasteiger partial charge in [0.2, 0.25) is 0 Å². The van der Waals surface area contributed by atoms with Crippen LogP contribution in [-0.4, -0.2) is 64.6 Å². The number of rotatable bonds is 37. The van der Waals surface area contributed by atoms with Gasteiger partial charge in [-0.2, -0.15) is 0 Å². The molecule has 0 aliphatic heterocycles. The van der Waals surface area contributed by atoms with Crippen molar-refractivity contribution in [1.82, 2.24) is 0 Å². The van der Waals surface area contributed by atoms with Gasteiger partial charge < -0.3 is 24.8 Å². The molecule has 310 valence electrons. The summed E-state index contributed by atoms with van der Waals surface area (Å²) in [4.78, 5) is 36.6. The van der Waals surface area contributed by atoms with Crippen molar-refractivity contribution in [3.05, 3.63) is 12.2 Å². The smallest absolute Gasteiger partial charge is 0.305 e. The predicted octanol–water partition coefficient (Wildman–Crippen LogP) is 10.7. The summed E-state index contributed by atoms with van der Waals surface area (Å²) in [6.07, 6.45) is 34.6. The molecule has 0 heterocycles. The van der Waals surface area contributed by atoms with E-state index in [4.69, 9.17) is 9.47 Å². The first-order chi connectivity index (χ1) is 25.8. The van der Waals surface area contributed by atoms with E-state index in [0.29, 0.717) is 25.7 Å². The number of unbranched alkanes of at least 4 members (excludes halogenated alkanes) is 23. The molecular formula is C45H82O8. The van der Waals surface area contributed by atoms with Gasteiger partial charge in [-0.05, 0) is 25.7 Å². The number of esters is 2. The molecule has 1 saturated carbocycles. The fourth-order valence-electron chi connectivity index (χ4n) is 7.45. The van der Waals surface area contributed by atoms with Gasteiger partial charge in [0.15, 0.2) is 0 Å². The maximum absolute atomic E-state index is 12.5. The lowest BCUT2D eigenvalue weighted by Gasteiger charge is -2.18. The summed E-state index contributed by atoms with van der Waals surface area (Å²) in [6.45, 7) is 4.03. The van der Waals surface area contributed by atoms with Crippen molar-refractivity contribution in [2.75, 3.05) is 13.2 Å². The number of hydrogen-bond donors (Lipinski definition) is 3. The van der Waals surface area contributed by atoms with Crippen LogP contribution in [-0.2, 0) is 23.9 Å². The Bertz CT molecular complexity index is 920. The molecule has 1 aliphatic rings. The van der Waals surface area contributed by atoms with Crippen LogP contribution in [0.15, 0.2) is 12.2 Å². The Morgan fingerprint density at radius 1 is 0.623 bits per heavy atom. The number of aliphatic hydroxyl groups is 3. The molecule has 0 aromatic carbocycles. The Morgan fingerprint density at radius 3 is 1.47 bits per heavy atom. The van der Waals surface area contributed by atoms with E-state index in [9.17, 15) is 29.7 Å². The maximum Gasteiger partial charge on any atom is 0.305 e. The molecule has 8 nitrogen and oxygen atoms in total. The van der Waals surface area contributed by atoms with Crippen molar-refractivity contribution < 1.29 is 39.2 Å². The summed E-state index contributed by atoms with van der Waals surface area (Å²) < 4.78 is 10.3. The van der Waals surface area contributed by atoms with Crippen LogP contribution in [0.4, 0.5) is 0 Å². The molecule has 53 heavy (non-hydrogen) atoms.